The SMILES string of the molecule is Clc1nc(N2CCOCCOCCN(c3nc(Cl)nc4nc[nH]c34)CCOCCOCC2)c2[nH]cnc2n1. The highest BCUT2D eigenvalue weighted by molar-refractivity contribution is 6.29. The Morgan fingerprint density at radius 2 is 0.921 bits per heavy atom. The fourth-order valence-electron chi connectivity index (χ4n) is 4.03. The number of rotatable bonds is 2. The Balaban J connectivity index is 1.21. The minimum atomic E-state index is 0.134. The lowest BCUT2D eigenvalue weighted by Gasteiger charge is -2.25. The van der Waals surface area contributed by atoms with Gasteiger partial charge in [-0.05, 0) is 23.2 Å². The predicted octanol–water partition coefficient (Wildman–Crippen LogP) is 1.72. The lowest BCUT2D eigenvalue weighted by atomic mass is 10.4. The lowest BCUT2D eigenvalue weighted by Crippen LogP contribution is -2.34. The molecule has 0 bridgehead atoms. The predicted molar refractivity (Wildman–Crippen MR) is 141 cm³/mol. The van der Waals surface area contributed by atoms with Gasteiger partial charge in [-0.2, -0.15) is 19.9 Å². The van der Waals surface area contributed by atoms with Crippen molar-refractivity contribution in [1.82, 2.24) is 39.9 Å². The number of halogens is 2. The van der Waals surface area contributed by atoms with Crippen LogP contribution in [0.4, 0.5) is 11.6 Å². The van der Waals surface area contributed by atoms with Gasteiger partial charge in [0.25, 0.3) is 0 Å². The number of fused-ring (bicyclic) bond motifs is 2. The van der Waals surface area contributed by atoms with Crippen LogP contribution in [-0.4, -0.2) is 119 Å². The number of hydrogen-bond acceptors (Lipinski definition) is 12. The molecule has 5 heterocycles. The van der Waals surface area contributed by atoms with E-state index in [0.29, 0.717) is 113 Å². The fourth-order valence-corrected chi connectivity index (χ4v) is 4.35. The number of aromatic nitrogens is 8. The van der Waals surface area contributed by atoms with Gasteiger partial charge in [0.15, 0.2) is 22.9 Å². The third kappa shape index (κ3) is 6.76. The first-order valence-electron chi connectivity index (χ1n) is 12.2. The molecule has 4 aromatic rings. The van der Waals surface area contributed by atoms with E-state index >= 15 is 0 Å². The van der Waals surface area contributed by atoms with Crippen LogP contribution < -0.4 is 9.80 Å². The molecule has 16 heteroatoms. The molecule has 0 spiro atoms. The average molecular weight is 567 g/mol. The van der Waals surface area contributed by atoms with Gasteiger partial charge in [0, 0.05) is 26.2 Å². The monoisotopic (exact) mass is 566 g/mol. The fraction of sp³-hybridized carbons (Fsp3) is 0.545. The molecule has 1 saturated heterocycles. The van der Waals surface area contributed by atoms with Gasteiger partial charge in [0.1, 0.15) is 11.0 Å². The van der Waals surface area contributed by atoms with Gasteiger partial charge in [-0.1, -0.05) is 0 Å². The molecular formula is C22H28Cl2N10O4. The molecule has 0 aromatic carbocycles. The molecule has 0 amide bonds. The Kier molecular flexibility index (Phi) is 9.33. The molecule has 0 saturated carbocycles. The van der Waals surface area contributed by atoms with Crippen LogP contribution in [0.3, 0.4) is 0 Å². The third-order valence-corrected chi connectivity index (χ3v) is 6.18. The summed E-state index contributed by atoms with van der Waals surface area (Å²) in [5.74, 6) is 1.31. The van der Waals surface area contributed by atoms with E-state index in [1.54, 1.807) is 12.7 Å². The number of hydrogen-bond donors (Lipinski definition) is 2. The summed E-state index contributed by atoms with van der Waals surface area (Å²) >= 11 is 12.3. The van der Waals surface area contributed by atoms with Crippen molar-refractivity contribution < 1.29 is 18.9 Å². The van der Waals surface area contributed by atoms with E-state index in [2.05, 4.69) is 39.9 Å². The van der Waals surface area contributed by atoms with E-state index in [1.165, 1.54) is 0 Å². The molecule has 1 aliphatic heterocycles. The summed E-state index contributed by atoms with van der Waals surface area (Å²) in [6.07, 6.45) is 3.14. The maximum Gasteiger partial charge on any atom is 0.226 e. The van der Waals surface area contributed by atoms with Crippen molar-refractivity contribution >= 4 is 57.2 Å². The zero-order chi connectivity index (χ0) is 26.2. The van der Waals surface area contributed by atoms with E-state index < -0.39 is 0 Å². The number of ether oxygens (including phenoxy) is 4. The van der Waals surface area contributed by atoms with E-state index in [4.69, 9.17) is 42.1 Å². The smallest absolute Gasteiger partial charge is 0.226 e. The Hall–Kier alpha value is -2.88. The quantitative estimate of drug-likeness (QED) is 0.339. The lowest BCUT2D eigenvalue weighted by molar-refractivity contribution is 0.0435. The van der Waals surface area contributed by atoms with Crippen molar-refractivity contribution in [3.63, 3.8) is 0 Å². The van der Waals surface area contributed by atoms with E-state index in [0.717, 1.165) is 0 Å². The van der Waals surface area contributed by atoms with Crippen LogP contribution in [0.1, 0.15) is 0 Å². The molecule has 5 rings (SSSR count). The minimum Gasteiger partial charge on any atom is -0.377 e. The number of imidazole rings is 2. The molecule has 0 atom stereocenters. The van der Waals surface area contributed by atoms with Crippen LogP contribution in [0.2, 0.25) is 10.6 Å². The second kappa shape index (κ2) is 13.3. The van der Waals surface area contributed by atoms with Crippen molar-refractivity contribution in [2.75, 3.05) is 88.8 Å². The first kappa shape index (κ1) is 26.7. The van der Waals surface area contributed by atoms with Crippen LogP contribution in [0.15, 0.2) is 12.7 Å². The third-order valence-electron chi connectivity index (χ3n) is 5.84. The summed E-state index contributed by atoms with van der Waals surface area (Å²) in [6.45, 7) is 5.94. The second-order valence-corrected chi connectivity index (χ2v) is 8.93. The Morgan fingerprint density at radius 3 is 1.29 bits per heavy atom. The van der Waals surface area contributed by atoms with E-state index in [9.17, 15) is 0 Å². The number of anilines is 2. The van der Waals surface area contributed by atoms with Crippen molar-refractivity contribution in [3.05, 3.63) is 23.2 Å². The van der Waals surface area contributed by atoms with Gasteiger partial charge in [-0.15, -0.1) is 0 Å². The van der Waals surface area contributed by atoms with E-state index in [-0.39, 0.29) is 10.6 Å². The first-order valence-corrected chi connectivity index (χ1v) is 13.0. The van der Waals surface area contributed by atoms with Gasteiger partial charge in [0.05, 0.1) is 65.5 Å². The number of nitrogens with zero attached hydrogens (tertiary/aromatic N) is 8. The minimum absolute atomic E-state index is 0.134. The highest BCUT2D eigenvalue weighted by Crippen LogP contribution is 2.23. The topological polar surface area (TPSA) is 152 Å². The van der Waals surface area contributed by atoms with Gasteiger partial charge >= 0.3 is 0 Å². The molecule has 4 aromatic heterocycles. The van der Waals surface area contributed by atoms with Crippen molar-refractivity contribution in [2.45, 2.75) is 0 Å². The van der Waals surface area contributed by atoms with Crippen LogP contribution in [0.25, 0.3) is 22.3 Å². The van der Waals surface area contributed by atoms with Crippen molar-refractivity contribution in [2.24, 2.45) is 0 Å². The van der Waals surface area contributed by atoms with E-state index in [1.807, 2.05) is 9.80 Å². The normalized spacial score (nSPS) is 18.1. The van der Waals surface area contributed by atoms with Crippen molar-refractivity contribution in [3.8, 4) is 0 Å². The molecule has 1 fully saturated rings. The summed E-state index contributed by atoms with van der Waals surface area (Å²) in [7, 11) is 0. The van der Waals surface area contributed by atoms with Crippen LogP contribution in [0, 0.1) is 0 Å². The summed E-state index contributed by atoms with van der Waals surface area (Å²) in [5.41, 5.74) is 2.44. The summed E-state index contributed by atoms with van der Waals surface area (Å²) in [4.78, 5) is 35.8. The first-order chi connectivity index (χ1) is 18.7. The molecule has 2 N–H and O–H groups in total. The summed E-state index contributed by atoms with van der Waals surface area (Å²) in [5, 5.41) is 0.267. The van der Waals surface area contributed by atoms with Crippen LogP contribution in [0.5, 0.6) is 0 Å². The molecule has 204 valence electrons. The number of aromatic amines is 2. The van der Waals surface area contributed by atoms with Gasteiger partial charge in [0.2, 0.25) is 10.6 Å². The number of nitrogens with one attached hydrogen (secondary N) is 2. The molecule has 38 heavy (non-hydrogen) atoms. The van der Waals surface area contributed by atoms with Gasteiger partial charge in [-0.3, -0.25) is 0 Å². The standard InChI is InChI=1S/C22H28Cl2N10O4/c23-21-29-17-15(25-13-27-17)19(31-21)33-1-5-35-9-10-37-7-3-34(4-8-38-12-11-36-6-2-33)20-16-18(28-14-26-16)30-22(24)32-20/h13-14H,1-12H2,(H,25,27,29,31)(H,26,28,30,32). The zero-order valence-electron chi connectivity index (χ0n) is 20.6. The largest absolute Gasteiger partial charge is 0.377 e. The van der Waals surface area contributed by atoms with Gasteiger partial charge in [-0.25, -0.2) is 9.97 Å². The van der Waals surface area contributed by atoms with Crippen molar-refractivity contribution in [1.29, 1.82) is 0 Å². The molecule has 0 radical (unpaired) electrons. The molecule has 14 nitrogen and oxygen atoms in total. The molecular weight excluding hydrogens is 539 g/mol. The highest BCUT2D eigenvalue weighted by atomic mass is 35.5. The zero-order valence-corrected chi connectivity index (χ0v) is 22.1. The number of H-pyrrole nitrogens is 2. The average Bonchev–Trinajstić information content (AvgIpc) is 3.57. The highest BCUT2D eigenvalue weighted by Gasteiger charge is 2.18. The Bertz CT molecular complexity index is 1200. The molecule has 0 unspecified atom stereocenters. The van der Waals surface area contributed by atoms with Crippen LogP contribution >= 0.6 is 23.2 Å². The maximum atomic E-state index is 6.14. The van der Waals surface area contributed by atoms with Crippen LogP contribution in [-0.2, 0) is 18.9 Å². The summed E-state index contributed by atoms with van der Waals surface area (Å²) in [6, 6.07) is 0. The second-order valence-electron chi connectivity index (χ2n) is 8.26. The van der Waals surface area contributed by atoms with Gasteiger partial charge < -0.3 is 38.7 Å². The summed E-state index contributed by atoms with van der Waals surface area (Å²) < 4.78 is 23.3. The maximum absolute atomic E-state index is 6.14. The molecule has 0 aliphatic carbocycles. The molecule has 1 aliphatic rings. The Morgan fingerprint density at radius 1 is 0.553 bits per heavy atom. The Labute approximate surface area is 228 Å².